The molecule has 0 aliphatic heterocycles. The molecule has 14 heavy (non-hydrogen) atoms. The van der Waals surface area contributed by atoms with Gasteiger partial charge in [0.1, 0.15) is 5.82 Å². The third kappa shape index (κ3) is 1.91. The molecule has 0 bridgehead atoms. The van der Waals surface area contributed by atoms with Gasteiger partial charge in [0.2, 0.25) is 11.6 Å². The van der Waals surface area contributed by atoms with Gasteiger partial charge in [-0.3, -0.25) is 4.79 Å². The molecule has 0 fully saturated rings. The number of aromatic nitrogens is 2. The van der Waals surface area contributed by atoms with E-state index in [1.165, 1.54) is 20.3 Å². The van der Waals surface area contributed by atoms with Crippen molar-refractivity contribution in [2.45, 2.75) is 5.16 Å². The first kappa shape index (κ1) is 10.7. The monoisotopic (exact) mass is 218 g/mol. The van der Waals surface area contributed by atoms with Crippen molar-refractivity contribution in [2.75, 3.05) is 19.4 Å². The lowest BCUT2D eigenvalue weighted by Crippen LogP contribution is -2.23. The number of nitrogens with one attached hydrogen (secondary N) is 2. The molecule has 0 radical (unpaired) electrons. The molecule has 1 heterocycles. The molecular formula is C6H10N4O3S. The van der Waals surface area contributed by atoms with E-state index in [4.69, 9.17) is 0 Å². The first-order chi connectivity index (χ1) is 6.48. The third-order valence-electron chi connectivity index (χ3n) is 1.49. The van der Waals surface area contributed by atoms with Crippen molar-refractivity contribution in [3.05, 3.63) is 6.20 Å². The zero-order chi connectivity index (χ0) is 10.8. The average molecular weight is 218 g/mol. The zero-order valence-electron chi connectivity index (χ0n) is 7.68. The Labute approximate surface area is 81.2 Å². The summed E-state index contributed by atoms with van der Waals surface area (Å²) in [6, 6.07) is 0. The molecule has 0 saturated heterocycles. The van der Waals surface area contributed by atoms with Gasteiger partial charge in [0.25, 0.3) is 10.0 Å². The van der Waals surface area contributed by atoms with Crippen molar-refractivity contribution in [1.29, 1.82) is 0 Å². The van der Waals surface area contributed by atoms with Crippen molar-refractivity contribution in [1.82, 2.24) is 14.3 Å². The van der Waals surface area contributed by atoms with Crippen molar-refractivity contribution in [3.63, 3.8) is 0 Å². The molecule has 0 spiro atoms. The zero-order valence-corrected chi connectivity index (χ0v) is 8.50. The highest BCUT2D eigenvalue weighted by atomic mass is 32.2. The van der Waals surface area contributed by atoms with Gasteiger partial charge in [0, 0.05) is 14.1 Å². The van der Waals surface area contributed by atoms with Crippen LogP contribution < -0.4 is 5.32 Å². The lowest BCUT2D eigenvalue weighted by Gasteiger charge is -2.07. The maximum absolute atomic E-state index is 11.5. The molecule has 0 saturated carbocycles. The predicted molar refractivity (Wildman–Crippen MR) is 49.1 cm³/mol. The maximum atomic E-state index is 11.5. The SMILES string of the molecule is CN(C)S(=O)(=O)c1ncc(NC=O)[nH]1. The van der Waals surface area contributed by atoms with Crippen LogP contribution in [0.5, 0.6) is 0 Å². The van der Waals surface area contributed by atoms with Gasteiger partial charge in [-0.25, -0.2) is 17.7 Å². The van der Waals surface area contributed by atoms with E-state index < -0.39 is 10.0 Å². The highest BCUT2D eigenvalue weighted by Gasteiger charge is 2.20. The quantitative estimate of drug-likeness (QED) is 0.648. The molecule has 0 unspecified atom stereocenters. The van der Waals surface area contributed by atoms with Crippen LogP contribution in [-0.4, -0.2) is 43.2 Å². The standard InChI is InChI=1S/C6H10N4O3S/c1-10(2)14(12,13)6-7-3-5(9-6)8-4-11/h3-4H,1-2H3,(H,7,9)(H,8,11). The number of hydrogen-bond donors (Lipinski definition) is 2. The maximum Gasteiger partial charge on any atom is 0.276 e. The van der Waals surface area contributed by atoms with Gasteiger partial charge in [0.15, 0.2) is 0 Å². The number of aromatic amines is 1. The first-order valence-electron chi connectivity index (χ1n) is 3.66. The number of imidazole rings is 1. The van der Waals surface area contributed by atoms with Crippen molar-refractivity contribution < 1.29 is 13.2 Å². The van der Waals surface area contributed by atoms with Gasteiger partial charge in [-0.05, 0) is 0 Å². The molecule has 8 heteroatoms. The molecule has 7 nitrogen and oxygen atoms in total. The van der Waals surface area contributed by atoms with E-state index >= 15 is 0 Å². The van der Waals surface area contributed by atoms with Crippen molar-refractivity contribution in [2.24, 2.45) is 0 Å². The minimum atomic E-state index is -3.56. The summed E-state index contributed by atoms with van der Waals surface area (Å²) >= 11 is 0. The number of sulfonamides is 1. The number of anilines is 1. The van der Waals surface area contributed by atoms with E-state index in [0.29, 0.717) is 6.41 Å². The summed E-state index contributed by atoms with van der Waals surface area (Å²) in [5.74, 6) is 0.237. The van der Waals surface area contributed by atoms with Crippen molar-refractivity contribution in [3.8, 4) is 0 Å². The predicted octanol–water partition coefficient (Wildman–Crippen LogP) is -0.772. The van der Waals surface area contributed by atoms with Gasteiger partial charge >= 0.3 is 0 Å². The molecule has 2 N–H and O–H groups in total. The second-order valence-electron chi connectivity index (χ2n) is 2.65. The molecule has 78 valence electrons. The Bertz CT molecular complexity index is 422. The smallest absolute Gasteiger partial charge is 0.276 e. The number of rotatable bonds is 4. The molecular weight excluding hydrogens is 208 g/mol. The average Bonchev–Trinajstić information content (AvgIpc) is 2.53. The van der Waals surface area contributed by atoms with E-state index in [0.717, 1.165) is 4.31 Å². The molecule has 1 aromatic rings. The molecule has 1 aromatic heterocycles. The van der Waals surface area contributed by atoms with Gasteiger partial charge in [-0.15, -0.1) is 0 Å². The molecule has 0 aromatic carbocycles. The van der Waals surface area contributed by atoms with E-state index in [9.17, 15) is 13.2 Å². The second kappa shape index (κ2) is 3.76. The van der Waals surface area contributed by atoms with Crippen LogP contribution in [0.3, 0.4) is 0 Å². The van der Waals surface area contributed by atoms with Crippen molar-refractivity contribution >= 4 is 22.3 Å². The summed E-state index contributed by atoms with van der Waals surface area (Å²) < 4.78 is 24.0. The van der Waals surface area contributed by atoms with Crippen LogP contribution in [0.1, 0.15) is 0 Å². The van der Waals surface area contributed by atoms with Gasteiger partial charge in [0.05, 0.1) is 6.20 Å². The number of carbonyl (C=O) groups excluding carboxylic acids is 1. The summed E-state index contributed by atoms with van der Waals surface area (Å²) in [4.78, 5) is 16.1. The van der Waals surface area contributed by atoms with Gasteiger partial charge in [-0.2, -0.15) is 0 Å². The minimum absolute atomic E-state index is 0.202. The molecule has 1 rings (SSSR count). The fourth-order valence-corrected chi connectivity index (χ4v) is 1.51. The lowest BCUT2D eigenvalue weighted by molar-refractivity contribution is -0.105. The fourth-order valence-electron chi connectivity index (χ4n) is 0.744. The number of amides is 1. The van der Waals surface area contributed by atoms with Crippen LogP contribution in [0.15, 0.2) is 11.4 Å². The van der Waals surface area contributed by atoms with Crippen LogP contribution in [0.4, 0.5) is 5.82 Å². The van der Waals surface area contributed by atoms with E-state index in [1.54, 1.807) is 0 Å². The highest BCUT2D eigenvalue weighted by Crippen LogP contribution is 2.10. The van der Waals surface area contributed by atoms with Crippen LogP contribution in [0.2, 0.25) is 0 Å². The third-order valence-corrected chi connectivity index (χ3v) is 3.15. The summed E-state index contributed by atoms with van der Waals surface area (Å²) in [5.41, 5.74) is 0. The highest BCUT2D eigenvalue weighted by molar-refractivity contribution is 7.88. The van der Waals surface area contributed by atoms with Crippen LogP contribution in [-0.2, 0) is 14.8 Å². The largest absolute Gasteiger partial charge is 0.314 e. The van der Waals surface area contributed by atoms with Crippen LogP contribution >= 0.6 is 0 Å². The Morgan fingerprint density at radius 2 is 2.21 bits per heavy atom. The molecule has 0 atom stereocenters. The first-order valence-corrected chi connectivity index (χ1v) is 5.10. The Morgan fingerprint density at radius 3 is 2.71 bits per heavy atom. The lowest BCUT2D eigenvalue weighted by atomic mass is 10.8. The topological polar surface area (TPSA) is 95.2 Å². The molecule has 1 amide bonds. The van der Waals surface area contributed by atoms with Crippen LogP contribution in [0, 0.1) is 0 Å². The summed E-state index contributed by atoms with van der Waals surface area (Å²) in [6.07, 6.45) is 1.66. The normalized spacial score (nSPS) is 11.6. The number of hydrogen-bond acceptors (Lipinski definition) is 4. The Balaban J connectivity index is 3.03. The van der Waals surface area contributed by atoms with Gasteiger partial charge in [-0.1, -0.05) is 0 Å². The van der Waals surface area contributed by atoms with E-state index in [2.05, 4.69) is 15.3 Å². The summed E-state index contributed by atoms with van der Waals surface area (Å²) in [7, 11) is -0.777. The second-order valence-corrected chi connectivity index (χ2v) is 4.72. The van der Waals surface area contributed by atoms with Gasteiger partial charge < -0.3 is 10.3 Å². The Morgan fingerprint density at radius 1 is 1.57 bits per heavy atom. The Hall–Kier alpha value is -1.41. The number of carbonyl (C=O) groups is 1. The minimum Gasteiger partial charge on any atom is -0.314 e. The van der Waals surface area contributed by atoms with E-state index in [-0.39, 0.29) is 11.0 Å². The van der Waals surface area contributed by atoms with E-state index in [1.807, 2.05) is 0 Å². The number of nitrogens with zero attached hydrogens (tertiary/aromatic N) is 2. The Kier molecular flexibility index (Phi) is 2.87. The molecule has 0 aliphatic carbocycles. The summed E-state index contributed by atoms with van der Waals surface area (Å²) in [6.45, 7) is 0. The molecule has 0 aliphatic rings. The van der Waals surface area contributed by atoms with Crippen LogP contribution in [0.25, 0.3) is 0 Å². The summed E-state index contributed by atoms with van der Waals surface area (Å²) in [5, 5.41) is 2.06. The number of H-pyrrole nitrogens is 1. The fraction of sp³-hybridized carbons (Fsp3) is 0.333.